The number of aryl methyl sites for hydroxylation is 1. The average molecular weight is 280 g/mol. The molecule has 0 bridgehead atoms. The summed E-state index contributed by atoms with van der Waals surface area (Å²) >= 11 is 0. The van der Waals surface area contributed by atoms with Gasteiger partial charge in [-0.2, -0.15) is 0 Å². The van der Waals surface area contributed by atoms with Crippen LogP contribution in [0.3, 0.4) is 0 Å². The van der Waals surface area contributed by atoms with Crippen LogP contribution in [0.1, 0.15) is 38.2 Å². The number of carbonyl (C=O) groups is 1. The van der Waals surface area contributed by atoms with E-state index in [0.29, 0.717) is 19.6 Å². The number of esters is 1. The van der Waals surface area contributed by atoms with E-state index >= 15 is 0 Å². The largest absolute Gasteiger partial charge is 0.493 e. The first kappa shape index (κ1) is 16.3. The van der Waals surface area contributed by atoms with Crippen molar-refractivity contribution >= 4 is 5.97 Å². The number of methoxy groups -OCH3 is 1. The number of ether oxygens (including phenoxy) is 3. The van der Waals surface area contributed by atoms with Crippen molar-refractivity contribution in [3.63, 3.8) is 0 Å². The van der Waals surface area contributed by atoms with E-state index in [4.69, 9.17) is 14.2 Å². The molecule has 0 radical (unpaired) electrons. The highest BCUT2D eigenvalue weighted by Gasteiger charge is 2.04. The molecular weight excluding hydrogens is 256 g/mol. The first-order valence-corrected chi connectivity index (χ1v) is 7.10. The second-order valence-electron chi connectivity index (χ2n) is 4.62. The van der Waals surface area contributed by atoms with E-state index in [0.717, 1.165) is 36.3 Å². The van der Waals surface area contributed by atoms with Crippen LogP contribution in [0.2, 0.25) is 0 Å². The topological polar surface area (TPSA) is 44.8 Å². The van der Waals surface area contributed by atoms with Gasteiger partial charge in [-0.15, -0.1) is 0 Å². The van der Waals surface area contributed by atoms with Crippen molar-refractivity contribution in [2.75, 3.05) is 20.3 Å². The Bertz CT molecular complexity index is 415. The Hall–Kier alpha value is -1.71. The van der Waals surface area contributed by atoms with E-state index in [-0.39, 0.29) is 5.97 Å². The molecule has 0 aliphatic heterocycles. The smallest absolute Gasteiger partial charge is 0.305 e. The number of benzene rings is 1. The molecule has 0 saturated heterocycles. The molecule has 0 unspecified atom stereocenters. The lowest BCUT2D eigenvalue weighted by atomic mass is 10.2. The third kappa shape index (κ3) is 5.95. The minimum Gasteiger partial charge on any atom is -0.493 e. The standard InChI is InChI=1S/C16H24O4/c1-4-19-16(17)8-6-5-7-11-20-14-10-9-13(2)12-15(14)18-3/h9-10,12H,4-8,11H2,1-3H3. The van der Waals surface area contributed by atoms with E-state index in [9.17, 15) is 4.79 Å². The number of unbranched alkanes of at least 4 members (excludes halogenated alkanes) is 2. The lowest BCUT2D eigenvalue weighted by Gasteiger charge is -2.11. The van der Waals surface area contributed by atoms with Gasteiger partial charge in [-0.25, -0.2) is 0 Å². The highest BCUT2D eigenvalue weighted by atomic mass is 16.5. The first-order chi connectivity index (χ1) is 9.67. The quantitative estimate of drug-likeness (QED) is 0.513. The summed E-state index contributed by atoms with van der Waals surface area (Å²) in [5.41, 5.74) is 1.14. The van der Waals surface area contributed by atoms with Gasteiger partial charge >= 0.3 is 5.97 Å². The molecule has 0 aliphatic carbocycles. The lowest BCUT2D eigenvalue weighted by Crippen LogP contribution is -2.04. The summed E-state index contributed by atoms with van der Waals surface area (Å²) < 4.78 is 15.8. The summed E-state index contributed by atoms with van der Waals surface area (Å²) in [6, 6.07) is 5.88. The van der Waals surface area contributed by atoms with Crippen molar-refractivity contribution in [3.05, 3.63) is 23.8 Å². The fraction of sp³-hybridized carbons (Fsp3) is 0.562. The maximum Gasteiger partial charge on any atom is 0.305 e. The normalized spacial score (nSPS) is 10.2. The van der Waals surface area contributed by atoms with Gasteiger partial charge in [-0.05, 0) is 50.8 Å². The van der Waals surface area contributed by atoms with Crippen LogP contribution in [0, 0.1) is 6.92 Å². The average Bonchev–Trinajstić information content (AvgIpc) is 2.44. The second-order valence-corrected chi connectivity index (χ2v) is 4.62. The zero-order valence-corrected chi connectivity index (χ0v) is 12.6. The Kier molecular flexibility index (Phi) is 7.55. The lowest BCUT2D eigenvalue weighted by molar-refractivity contribution is -0.143. The Labute approximate surface area is 121 Å². The van der Waals surface area contributed by atoms with E-state index in [2.05, 4.69) is 0 Å². The summed E-state index contributed by atoms with van der Waals surface area (Å²) in [4.78, 5) is 11.1. The predicted octanol–water partition coefficient (Wildman–Crippen LogP) is 3.51. The van der Waals surface area contributed by atoms with Gasteiger partial charge in [0.1, 0.15) is 0 Å². The summed E-state index contributed by atoms with van der Waals surface area (Å²) in [5.74, 6) is 1.41. The van der Waals surface area contributed by atoms with Crippen LogP contribution in [0.5, 0.6) is 11.5 Å². The molecule has 1 aromatic rings. The van der Waals surface area contributed by atoms with Gasteiger partial charge in [0.15, 0.2) is 11.5 Å². The van der Waals surface area contributed by atoms with Gasteiger partial charge in [0.2, 0.25) is 0 Å². The molecule has 0 aromatic heterocycles. The van der Waals surface area contributed by atoms with Crippen molar-refractivity contribution < 1.29 is 19.0 Å². The summed E-state index contributed by atoms with van der Waals surface area (Å²) in [6.45, 7) is 4.92. The third-order valence-electron chi connectivity index (χ3n) is 2.91. The Morgan fingerprint density at radius 2 is 1.95 bits per heavy atom. The third-order valence-corrected chi connectivity index (χ3v) is 2.91. The fourth-order valence-corrected chi connectivity index (χ4v) is 1.86. The maximum absolute atomic E-state index is 11.1. The molecule has 0 fully saturated rings. The van der Waals surface area contributed by atoms with Gasteiger partial charge in [-0.3, -0.25) is 4.79 Å². The van der Waals surface area contributed by atoms with Crippen molar-refractivity contribution in [1.82, 2.24) is 0 Å². The summed E-state index contributed by atoms with van der Waals surface area (Å²) in [6.07, 6.45) is 3.19. The molecular formula is C16H24O4. The molecule has 112 valence electrons. The zero-order chi connectivity index (χ0) is 14.8. The van der Waals surface area contributed by atoms with Crippen LogP contribution in [0.4, 0.5) is 0 Å². The number of hydrogen-bond donors (Lipinski definition) is 0. The number of carbonyl (C=O) groups excluding carboxylic acids is 1. The fourth-order valence-electron chi connectivity index (χ4n) is 1.86. The molecule has 0 saturated carbocycles. The zero-order valence-electron chi connectivity index (χ0n) is 12.6. The molecule has 0 amide bonds. The molecule has 0 aliphatic rings. The van der Waals surface area contributed by atoms with Crippen molar-refractivity contribution in [2.24, 2.45) is 0 Å². The molecule has 1 aromatic carbocycles. The Morgan fingerprint density at radius 1 is 1.15 bits per heavy atom. The molecule has 20 heavy (non-hydrogen) atoms. The number of hydrogen-bond acceptors (Lipinski definition) is 4. The van der Waals surface area contributed by atoms with Crippen molar-refractivity contribution in [3.8, 4) is 11.5 Å². The van der Waals surface area contributed by atoms with Gasteiger partial charge in [0.05, 0.1) is 20.3 Å². The molecule has 0 heterocycles. The minimum absolute atomic E-state index is 0.117. The van der Waals surface area contributed by atoms with Crippen LogP contribution in [-0.4, -0.2) is 26.3 Å². The van der Waals surface area contributed by atoms with Gasteiger partial charge in [0.25, 0.3) is 0 Å². The molecule has 0 atom stereocenters. The minimum atomic E-state index is -0.117. The molecule has 1 rings (SSSR count). The van der Waals surface area contributed by atoms with E-state index in [1.165, 1.54) is 0 Å². The van der Waals surface area contributed by atoms with Crippen molar-refractivity contribution in [2.45, 2.75) is 39.5 Å². The van der Waals surface area contributed by atoms with E-state index in [1.807, 2.05) is 32.0 Å². The summed E-state index contributed by atoms with van der Waals surface area (Å²) in [5, 5.41) is 0. The highest BCUT2D eigenvalue weighted by Crippen LogP contribution is 2.27. The van der Waals surface area contributed by atoms with Crippen LogP contribution in [-0.2, 0) is 9.53 Å². The summed E-state index contributed by atoms with van der Waals surface area (Å²) in [7, 11) is 1.64. The second kappa shape index (κ2) is 9.23. The monoisotopic (exact) mass is 280 g/mol. The van der Waals surface area contributed by atoms with E-state index < -0.39 is 0 Å². The van der Waals surface area contributed by atoms with Gasteiger partial charge in [0, 0.05) is 6.42 Å². The molecule has 0 N–H and O–H groups in total. The van der Waals surface area contributed by atoms with Crippen LogP contribution in [0.15, 0.2) is 18.2 Å². The van der Waals surface area contributed by atoms with Crippen molar-refractivity contribution in [1.29, 1.82) is 0 Å². The predicted molar refractivity (Wildman–Crippen MR) is 78.3 cm³/mol. The van der Waals surface area contributed by atoms with Gasteiger partial charge < -0.3 is 14.2 Å². The maximum atomic E-state index is 11.1. The first-order valence-electron chi connectivity index (χ1n) is 7.10. The SMILES string of the molecule is CCOC(=O)CCCCCOc1ccc(C)cc1OC. The van der Waals surface area contributed by atoms with Gasteiger partial charge in [-0.1, -0.05) is 6.07 Å². The molecule has 4 heteroatoms. The molecule has 0 spiro atoms. The number of rotatable bonds is 9. The Balaban J connectivity index is 2.20. The van der Waals surface area contributed by atoms with Crippen LogP contribution in [0.25, 0.3) is 0 Å². The Morgan fingerprint density at radius 3 is 2.65 bits per heavy atom. The van der Waals surface area contributed by atoms with E-state index in [1.54, 1.807) is 7.11 Å². The van der Waals surface area contributed by atoms with Crippen LogP contribution < -0.4 is 9.47 Å². The highest BCUT2D eigenvalue weighted by molar-refractivity contribution is 5.69. The van der Waals surface area contributed by atoms with Crippen LogP contribution >= 0.6 is 0 Å². The molecule has 4 nitrogen and oxygen atoms in total.